The van der Waals surface area contributed by atoms with Gasteiger partial charge in [0.25, 0.3) is 0 Å². The smallest absolute Gasteiger partial charge is 0.319 e. The molecule has 3 aromatic rings. The van der Waals surface area contributed by atoms with E-state index in [-0.39, 0.29) is 0 Å². The lowest BCUT2D eigenvalue weighted by Gasteiger charge is -2.19. The lowest BCUT2D eigenvalue weighted by Crippen LogP contribution is -2.27. The van der Waals surface area contributed by atoms with Crippen molar-refractivity contribution in [2.75, 3.05) is 0 Å². The first kappa shape index (κ1) is 15.4. The highest BCUT2D eigenvalue weighted by molar-refractivity contribution is 8.01. The van der Waals surface area contributed by atoms with Crippen molar-refractivity contribution in [3.05, 3.63) is 49.1 Å². The van der Waals surface area contributed by atoms with Crippen molar-refractivity contribution in [1.82, 2.24) is 15.0 Å². The first-order valence-corrected chi connectivity index (χ1v) is 7.87. The number of thioether (sulfide) groups is 1. The zero-order valence-electron chi connectivity index (χ0n) is 12.7. The largest absolute Gasteiger partial charge is 0.480 e. The Morgan fingerprint density at radius 1 is 1.13 bits per heavy atom. The molecule has 2 heterocycles. The number of carbonyl (C=O) groups is 1. The number of aromatic nitrogens is 3. The van der Waals surface area contributed by atoms with Gasteiger partial charge in [0, 0.05) is 35.7 Å². The van der Waals surface area contributed by atoms with Gasteiger partial charge in [-0.15, -0.1) is 0 Å². The maximum Gasteiger partial charge on any atom is 0.319 e. The van der Waals surface area contributed by atoms with Crippen LogP contribution in [-0.2, 0) is 4.79 Å². The number of hydrogen-bond acceptors (Lipinski definition) is 5. The van der Waals surface area contributed by atoms with Crippen molar-refractivity contribution in [3.8, 4) is 11.3 Å². The fourth-order valence-corrected chi connectivity index (χ4v) is 3.12. The van der Waals surface area contributed by atoms with Gasteiger partial charge >= 0.3 is 5.97 Å². The third-order valence-electron chi connectivity index (χ3n) is 3.45. The van der Waals surface area contributed by atoms with Gasteiger partial charge in [0.2, 0.25) is 0 Å². The molecule has 2 aromatic heterocycles. The van der Waals surface area contributed by atoms with Crippen LogP contribution in [0.25, 0.3) is 22.0 Å². The Morgan fingerprint density at radius 3 is 2.65 bits per heavy atom. The van der Waals surface area contributed by atoms with Gasteiger partial charge in [0.15, 0.2) is 0 Å². The minimum Gasteiger partial charge on any atom is -0.480 e. The van der Waals surface area contributed by atoms with E-state index in [1.807, 2.05) is 24.3 Å². The first-order chi connectivity index (χ1) is 11.0. The third-order valence-corrected chi connectivity index (χ3v) is 4.63. The monoisotopic (exact) mass is 325 g/mol. The number of benzene rings is 1. The zero-order valence-corrected chi connectivity index (χ0v) is 13.5. The number of nitrogens with zero attached hydrogens (tertiary/aromatic N) is 3. The highest BCUT2D eigenvalue weighted by Gasteiger charge is 2.30. The van der Waals surface area contributed by atoms with E-state index in [0.29, 0.717) is 10.7 Å². The molecule has 0 aliphatic carbocycles. The summed E-state index contributed by atoms with van der Waals surface area (Å²) in [4.78, 5) is 24.4. The number of pyridine rings is 1. The van der Waals surface area contributed by atoms with E-state index >= 15 is 0 Å². The average Bonchev–Trinajstić information content (AvgIpc) is 2.54. The van der Waals surface area contributed by atoms with Crippen LogP contribution in [0.1, 0.15) is 13.8 Å². The first-order valence-electron chi connectivity index (χ1n) is 7.05. The summed E-state index contributed by atoms with van der Waals surface area (Å²) in [6.45, 7) is 3.31. The van der Waals surface area contributed by atoms with E-state index in [1.54, 1.807) is 38.6 Å². The minimum absolute atomic E-state index is 0.582. The van der Waals surface area contributed by atoms with E-state index in [4.69, 9.17) is 0 Å². The molecule has 0 radical (unpaired) electrons. The molecule has 0 bridgehead atoms. The molecule has 116 valence electrons. The Labute approximate surface area is 137 Å². The van der Waals surface area contributed by atoms with Crippen LogP contribution in [0.15, 0.2) is 54.1 Å². The fraction of sp³-hybridized carbons (Fsp3) is 0.176. The van der Waals surface area contributed by atoms with Crippen LogP contribution in [0.2, 0.25) is 0 Å². The third kappa shape index (κ3) is 3.03. The molecule has 0 unspecified atom stereocenters. The predicted octanol–water partition coefficient (Wildman–Crippen LogP) is 3.65. The molecule has 6 heteroatoms. The summed E-state index contributed by atoms with van der Waals surface area (Å²) in [6.07, 6.45) is 6.71. The molecule has 0 aliphatic rings. The summed E-state index contributed by atoms with van der Waals surface area (Å²) >= 11 is 1.18. The standard InChI is InChI=1S/C17H15N3O2S/c1-17(2,16(21)22)23-15-14(19-7-8-20-15)13-10-18-9-11-5-3-4-6-12(11)13/h3-10H,1-2H3,(H,21,22). The summed E-state index contributed by atoms with van der Waals surface area (Å²) in [7, 11) is 0. The molecule has 0 saturated heterocycles. The van der Waals surface area contributed by atoms with Crippen molar-refractivity contribution in [3.63, 3.8) is 0 Å². The van der Waals surface area contributed by atoms with Crippen LogP contribution >= 0.6 is 11.8 Å². The molecule has 0 aliphatic heterocycles. The van der Waals surface area contributed by atoms with Crippen molar-refractivity contribution < 1.29 is 9.90 Å². The Bertz CT molecular complexity index is 875. The number of rotatable bonds is 4. The van der Waals surface area contributed by atoms with Gasteiger partial charge in [-0.25, -0.2) is 4.98 Å². The number of aliphatic carboxylic acids is 1. The van der Waals surface area contributed by atoms with E-state index < -0.39 is 10.7 Å². The van der Waals surface area contributed by atoms with Gasteiger partial charge in [-0.1, -0.05) is 36.0 Å². The topological polar surface area (TPSA) is 76.0 Å². The Hall–Kier alpha value is -2.47. The fourth-order valence-electron chi connectivity index (χ4n) is 2.18. The molecule has 3 rings (SSSR count). The Kier molecular flexibility index (Phi) is 4.00. The van der Waals surface area contributed by atoms with Crippen molar-refractivity contribution in [2.45, 2.75) is 23.6 Å². The molecule has 0 amide bonds. The molecule has 0 spiro atoms. The number of fused-ring (bicyclic) bond motifs is 1. The van der Waals surface area contributed by atoms with Gasteiger partial charge < -0.3 is 5.11 Å². The maximum atomic E-state index is 11.4. The Balaban J connectivity index is 2.15. The van der Waals surface area contributed by atoms with E-state index in [0.717, 1.165) is 16.3 Å². The molecule has 23 heavy (non-hydrogen) atoms. The van der Waals surface area contributed by atoms with Gasteiger partial charge in [-0.05, 0) is 19.2 Å². The normalized spacial score (nSPS) is 11.6. The second-order valence-corrected chi connectivity index (χ2v) is 7.15. The van der Waals surface area contributed by atoms with Gasteiger partial charge in [-0.3, -0.25) is 14.8 Å². The average molecular weight is 325 g/mol. The van der Waals surface area contributed by atoms with Crippen LogP contribution in [0.5, 0.6) is 0 Å². The molecule has 5 nitrogen and oxygen atoms in total. The summed E-state index contributed by atoms with van der Waals surface area (Å²) in [5.41, 5.74) is 1.50. The summed E-state index contributed by atoms with van der Waals surface area (Å²) < 4.78 is -0.997. The molecule has 0 atom stereocenters. The predicted molar refractivity (Wildman–Crippen MR) is 90.3 cm³/mol. The van der Waals surface area contributed by atoms with Crippen LogP contribution in [0, 0.1) is 0 Å². The lowest BCUT2D eigenvalue weighted by molar-refractivity contribution is -0.138. The number of carboxylic acids is 1. The minimum atomic E-state index is -0.997. The number of carboxylic acid groups (broad SMARTS) is 1. The zero-order chi connectivity index (χ0) is 16.4. The summed E-state index contributed by atoms with van der Waals surface area (Å²) in [6, 6.07) is 7.89. The Morgan fingerprint density at radius 2 is 1.87 bits per heavy atom. The molecular formula is C17H15N3O2S. The van der Waals surface area contributed by atoms with Crippen LogP contribution < -0.4 is 0 Å². The lowest BCUT2D eigenvalue weighted by atomic mass is 10.1. The molecule has 0 fully saturated rings. The molecular weight excluding hydrogens is 310 g/mol. The van der Waals surface area contributed by atoms with Gasteiger partial charge in [-0.2, -0.15) is 0 Å². The second-order valence-electron chi connectivity index (χ2n) is 5.54. The van der Waals surface area contributed by atoms with Gasteiger partial charge in [0.1, 0.15) is 15.5 Å². The highest BCUT2D eigenvalue weighted by Crippen LogP contribution is 2.38. The molecule has 1 aromatic carbocycles. The number of hydrogen-bond donors (Lipinski definition) is 1. The van der Waals surface area contributed by atoms with Crippen molar-refractivity contribution in [1.29, 1.82) is 0 Å². The quantitative estimate of drug-likeness (QED) is 0.738. The summed E-state index contributed by atoms with van der Waals surface area (Å²) in [5.74, 6) is -0.893. The second kappa shape index (κ2) is 5.96. The van der Waals surface area contributed by atoms with Crippen molar-refractivity contribution in [2.24, 2.45) is 0 Å². The van der Waals surface area contributed by atoms with Crippen molar-refractivity contribution >= 4 is 28.5 Å². The van der Waals surface area contributed by atoms with E-state index in [1.165, 1.54) is 11.8 Å². The van der Waals surface area contributed by atoms with E-state index in [9.17, 15) is 9.90 Å². The van der Waals surface area contributed by atoms with Gasteiger partial charge in [0.05, 0.1) is 0 Å². The van der Waals surface area contributed by atoms with Crippen LogP contribution in [0.4, 0.5) is 0 Å². The SMILES string of the molecule is CC(C)(Sc1nccnc1-c1cncc2ccccc12)C(=O)O. The molecule has 1 N–H and O–H groups in total. The summed E-state index contributed by atoms with van der Waals surface area (Å²) in [5, 5.41) is 12.0. The molecule has 0 saturated carbocycles. The van der Waals surface area contributed by atoms with E-state index in [2.05, 4.69) is 15.0 Å². The maximum absolute atomic E-state index is 11.4. The van der Waals surface area contributed by atoms with Crippen LogP contribution in [0.3, 0.4) is 0 Å². The van der Waals surface area contributed by atoms with Crippen LogP contribution in [-0.4, -0.2) is 30.8 Å². The highest BCUT2D eigenvalue weighted by atomic mass is 32.2.